The standard InChI is InChI=1S/C18H28N4O2S/c1-21(2)17-9-4-8-16-15(17)7-5-10-18(16)25(23,24)20-12-6-13-22(3)14-11-19/h4-5,7-10,20H,6,11-14,19H2,1-3H3. The molecule has 6 nitrogen and oxygen atoms in total. The van der Waals surface area contributed by atoms with E-state index in [2.05, 4.69) is 9.62 Å². The number of anilines is 1. The summed E-state index contributed by atoms with van der Waals surface area (Å²) in [5, 5.41) is 1.67. The van der Waals surface area contributed by atoms with Gasteiger partial charge in [-0.2, -0.15) is 0 Å². The van der Waals surface area contributed by atoms with Gasteiger partial charge in [0.1, 0.15) is 0 Å². The number of nitrogens with zero attached hydrogens (tertiary/aromatic N) is 2. The average molecular weight is 365 g/mol. The zero-order valence-electron chi connectivity index (χ0n) is 15.2. The van der Waals surface area contributed by atoms with Gasteiger partial charge in [-0.3, -0.25) is 0 Å². The Kier molecular flexibility index (Phi) is 6.78. The van der Waals surface area contributed by atoms with Gasteiger partial charge in [-0.25, -0.2) is 13.1 Å². The predicted octanol–water partition coefficient (Wildman–Crippen LogP) is 1.46. The topological polar surface area (TPSA) is 78.7 Å². The fourth-order valence-corrected chi connectivity index (χ4v) is 4.15. The van der Waals surface area contributed by atoms with Crippen molar-refractivity contribution in [3.63, 3.8) is 0 Å². The summed E-state index contributed by atoms with van der Waals surface area (Å²) in [6, 6.07) is 11.1. The van der Waals surface area contributed by atoms with E-state index in [-0.39, 0.29) is 0 Å². The van der Waals surface area contributed by atoms with Gasteiger partial charge in [0, 0.05) is 50.2 Å². The Morgan fingerprint density at radius 3 is 2.36 bits per heavy atom. The second kappa shape index (κ2) is 8.62. The summed E-state index contributed by atoms with van der Waals surface area (Å²) in [6.07, 6.45) is 0.740. The van der Waals surface area contributed by atoms with E-state index in [1.54, 1.807) is 12.1 Å². The van der Waals surface area contributed by atoms with Crippen molar-refractivity contribution in [2.24, 2.45) is 5.73 Å². The van der Waals surface area contributed by atoms with Crippen LogP contribution in [0, 0.1) is 0 Å². The largest absolute Gasteiger partial charge is 0.377 e. The van der Waals surface area contributed by atoms with Crippen LogP contribution in [0.15, 0.2) is 41.3 Å². The van der Waals surface area contributed by atoms with E-state index in [0.29, 0.717) is 18.0 Å². The van der Waals surface area contributed by atoms with Crippen LogP contribution < -0.4 is 15.4 Å². The summed E-state index contributed by atoms with van der Waals surface area (Å²) in [4.78, 5) is 4.40. The van der Waals surface area contributed by atoms with Gasteiger partial charge in [0.05, 0.1) is 4.90 Å². The predicted molar refractivity (Wildman–Crippen MR) is 105 cm³/mol. The Hall–Kier alpha value is -1.67. The quantitative estimate of drug-likeness (QED) is 0.659. The minimum atomic E-state index is -3.55. The number of hydrogen-bond donors (Lipinski definition) is 2. The van der Waals surface area contributed by atoms with Gasteiger partial charge in [-0.05, 0) is 32.1 Å². The van der Waals surface area contributed by atoms with Gasteiger partial charge < -0.3 is 15.5 Å². The van der Waals surface area contributed by atoms with Crippen molar-refractivity contribution in [3.8, 4) is 0 Å². The fraction of sp³-hybridized carbons (Fsp3) is 0.444. The molecule has 0 amide bonds. The van der Waals surface area contributed by atoms with E-state index in [1.807, 2.05) is 50.3 Å². The minimum absolute atomic E-state index is 0.323. The van der Waals surface area contributed by atoms with E-state index in [0.717, 1.165) is 36.0 Å². The Balaban J connectivity index is 2.18. The molecule has 25 heavy (non-hydrogen) atoms. The summed E-state index contributed by atoms with van der Waals surface area (Å²) < 4.78 is 28.2. The van der Waals surface area contributed by atoms with Gasteiger partial charge in [-0.1, -0.05) is 24.3 Å². The number of rotatable bonds is 9. The smallest absolute Gasteiger partial charge is 0.241 e. The van der Waals surface area contributed by atoms with Crippen molar-refractivity contribution in [2.75, 3.05) is 52.2 Å². The summed E-state index contributed by atoms with van der Waals surface area (Å²) in [7, 11) is 2.33. The summed E-state index contributed by atoms with van der Waals surface area (Å²) in [5.74, 6) is 0. The van der Waals surface area contributed by atoms with Crippen LogP contribution in [0.25, 0.3) is 10.8 Å². The first-order chi connectivity index (χ1) is 11.9. The molecular formula is C18H28N4O2S. The first kappa shape index (κ1) is 19.7. The molecule has 0 fully saturated rings. The molecule has 0 aliphatic heterocycles. The van der Waals surface area contributed by atoms with Crippen molar-refractivity contribution in [2.45, 2.75) is 11.3 Å². The molecule has 0 unspecified atom stereocenters. The van der Waals surface area contributed by atoms with Gasteiger partial charge >= 0.3 is 0 Å². The third-order valence-electron chi connectivity index (χ3n) is 4.15. The number of benzene rings is 2. The summed E-state index contributed by atoms with van der Waals surface area (Å²) in [5.41, 5.74) is 6.51. The Labute approximate surface area is 150 Å². The molecular weight excluding hydrogens is 336 g/mol. The van der Waals surface area contributed by atoms with E-state index in [9.17, 15) is 8.42 Å². The SMILES string of the molecule is CN(CCN)CCCNS(=O)(=O)c1cccc2c(N(C)C)cccc12. The molecule has 3 N–H and O–H groups in total. The van der Waals surface area contributed by atoms with E-state index in [1.165, 1.54) is 0 Å². The zero-order chi connectivity index (χ0) is 18.4. The molecule has 0 aliphatic carbocycles. The number of sulfonamides is 1. The lowest BCUT2D eigenvalue weighted by Gasteiger charge is -2.17. The van der Waals surface area contributed by atoms with Crippen molar-refractivity contribution in [3.05, 3.63) is 36.4 Å². The van der Waals surface area contributed by atoms with Crippen LogP contribution >= 0.6 is 0 Å². The second-order valence-electron chi connectivity index (χ2n) is 6.37. The molecule has 0 aromatic heterocycles. The van der Waals surface area contributed by atoms with E-state index >= 15 is 0 Å². The van der Waals surface area contributed by atoms with Crippen LogP contribution in [-0.2, 0) is 10.0 Å². The summed E-state index contributed by atoms with van der Waals surface area (Å²) in [6.45, 7) is 2.62. The lowest BCUT2D eigenvalue weighted by atomic mass is 10.1. The van der Waals surface area contributed by atoms with Crippen molar-refractivity contribution >= 4 is 26.5 Å². The first-order valence-electron chi connectivity index (χ1n) is 8.44. The number of nitrogens with two attached hydrogens (primary N) is 1. The Morgan fingerprint density at radius 2 is 1.68 bits per heavy atom. The molecule has 0 heterocycles. The maximum atomic E-state index is 12.7. The van der Waals surface area contributed by atoms with Crippen LogP contribution in [0.4, 0.5) is 5.69 Å². The molecule has 0 bridgehead atoms. The molecule has 0 saturated carbocycles. The molecule has 0 saturated heterocycles. The average Bonchev–Trinajstić information content (AvgIpc) is 2.57. The van der Waals surface area contributed by atoms with Gasteiger partial charge in [0.25, 0.3) is 0 Å². The van der Waals surface area contributed by atoms with Crippen LogP contribution in [0.5, 0.6) is 0 Å². The lowest BCUT2D eigenvalue weighted by molar-refractivity contribution is 0.339. The number of hydrogen-bond acceptors (Lipinski definition) is 5. The third-order valence-corrected chi connectivity index (χ3v) is 5.67. The molecule has 2 aromatic rings. The molecule has 2 rings (SSSR count). The zero-order valence-corrected chi connectivity index (χ0v) is 16.0. The fourth-order valence-electron chi connectivity index (χ4n) is 2.85. The van der Waals surface area contributed by atoms with Crippen LogP contribution in [0.1, 0.15) is 6.42 Å². The highest BCUT2D eigenvalue weighted by Crippen LogP contribution is 2.29. The maximum absolute atomic E-state index is 12.7. The lowest BCUT2D eigenvalue weighted by Crippen LogP contribution is -2.30. The molecule has 0 aliphatic rings. The van der Waals surface area contributed by atoms with Crippen LogP contribution in [-0.4, -0.2) is 60.6 Å². The normalized spacial score (nSPS) is 12.0. The highest BCUT2D eigenvalue weighted by molar-refractivity contribution is 7.89. The molecule has 0 atom stereocenters. The van der Waals surface area contributed by atoms with E-state index in [4.69, 9.17) is 5.73 Å². The van der Waals surface area contributed by atoms with Crippen molar-refractivity contribution in [1.29, 1.82) is 0 Å². The monoisotopic (exact) mass is 364 g/mol. The van der Waals surface area contributed by atoms with Gasteiger partial charge in [-0.15, -0.1) is 0 Å². The molecule has 7 heteroatoms. The highest BCUT2D eigenvalue weighted by Gasteiger charge is 2.18. The van der Waals surface area contributed by atoms with Crippen LogP contribution in [0.2, 0.25) is 0 Å². The van der Waals surface area contributed by atoms with Crippen molar-refractivity contribution < 1.29 is 8.42 Å². The number of fused-ring (bicyclic) bond motifs is 1. The molecule has 0 spiro atoms. The summed E-state index contributed by atoms with van der Waals surface area (Å²) >= 11 is 0. The van der Waals surface area contributed by atoms with E-state index < -0.39 is 10.0 Å². The van der Waals surface area contributed by atoms with Crippen molar-refractivity contribution in [1.82, 2.24) is 9.62 Å². The number of likely N-dealkylation sites (N-methyl/N-ethyl adjacent to an activating group) is 1. The Bertz CT molecular complexity index is 806. The highest BCUT2D eigenvalue weighted by atomic mass is 32.2. The molecule has 138 valence electrons. The minimum Gasteiger partial charge on any atom is -0.377 e. The first-order valence-corrected chi connectivity index (χ1v) is 9.92. The Morgan fingerprint density at radius 1 is 1.00 bits per heavy atom. The maximum Gasteiger partial charge on any atom is 0.241 e. The van der Waals surface area contributed by atoms with Gasteiger partial charge in [0.15, 0.2) is 0 Å². The number of nitrogens with one attached hydrogen (secondary N) is 1. The van der Waals surface area contributed by atoms with Crippen LogP contribution in [0.3, 0.4) is 0 Å². The van der Waals surface area contributed by atoms with Gasteiger partial charge in [0.2, 0.25) is 10.0 Å². The molecule has 2 aromatic carbocycles. The second-order valence-corrected chi connectivity index (χ2v) is 8.10. The third kappa shape index (κ3) is 4.92. The molecule has 0 radical (unpaired) electrons.